The van der Waals surface area contributed by atoms with Gasteiger partial charge < -0.3 is 14.6 Å². The lowest BCUT2D eigenvalue weighted by molar-refractivity contribution is -0.143. The maximum Gasteiger partial charge on any atom is 0.416 e. The monoisotopic (exact) mass is 434 g/mol. The first-order valence-electron chi connectivity index (χ1n) is 9.15. The van der Waals surface area contributed by atoms with Gasteiger partial charge in [0.25, 0.3) is 0 Å². The van der Waals surface area contributed by atoms with Crippen LogP contribution in [0.15, 0.2) is 35.0 Å². The van der Waals surface area contributed by atoms with E-state index in [0.29, 0.717) is 30.8 Å². The number of hydrogen-bond acceptors (Lipinski definition) is 5. The molecule has 0 radical (unpaired) electrons. The van der Waals surface area contributed by atoms with Gasteiger partial charge in [0.05, 0.1) is 23.5 Å². The summed E-state index contributed by atoms with van der Waals surface area (Å²) in [5, 5.41) is 0. The minimum Gasteiger partial charge on any atom is -0.328 e. The van der Waals surface area contributed by atoms with Gasteiger partial charge in [0.2, 0.25) is 0 Å². The highest BCUT2D eigenvalue weighted by molar-refractivity contribution is 5.83. The molecule has 0 spiro atoms. The smallest absolute Gasteiger partial charge is 0.328 e. The van der Waals surface area contributed by atoms with Crippen LogP contribution in [0.1, 0.15) is 11.1 Å². The molecule has 0 aliphatic carbocycles. The molecule has 1 saturated heterocycles. The van der Waals surface area contributed by atoms with Gasteiger partial charge in [-0.1, -0.05) is 0 Å². The zero-order valence-electron chi connectivity index (χ0n) is 16.0. The molecule has 1 unspecified atom stereocenters. The van der Waals surface area contributed by atoms with Crippen molar-refractivity contribution in [2.45, 2.75) is 18.4 Å². The SMILES string of the molecule is CN1CCN(C(C=O)C2=CN=CN(c3cc(C(F)(F)F)cc(C(F)(F)F)c3)C2)CC1. The molecule has 164 valence electrons. The minimum absolute atomic E-state index is 0.0438. The first-order chi connectivity index (χ1) is 14.0. The topological polar surface area (TPSA) is 39.1 Å². The van der Waals surface area contributed by atoms with Crippen LogP contribution in [0.5, 0.6) is 0 Å². The molecule has 2 aliphatic heterocycles. The molecule has 0 N–H and O–H groups in total. The maximum absolute atomic E-state index is 13.1. The Morgan fingerprint density at radius 2 is 1.53 bits per heavy atom. The number of piperazine rings is 1. The Morgan fingerprint density at radius 3 is 2.03 bits per heavy atom. The average Bonchev–Trinajstić information content (AvgIpc) is 2.68. The van der Waals surface area contributed by atoms with E-state index in [1.165, 1.54) is 11.1 Å². The number of rotatable bonds is 4. The second kappa shape index (κ2) is 8.38. The highest BCUT2D eigenvalue weighted by Crippen LogP contribution is 2.38. The van der Waals surface area contributed by atoms with Gasteiger partial charge in [-0.2, -0.15) is 26.3 Å². The van der Waals surface area contributed by atoms with Gasteiger partial charge in [0, 0.05) is 44.6 Å². The Labute approximate surface area is 169 Å². The Morgan fingerprint density at radius 1 is 0.967 bits per heavy atom. The van der Waals surface area contributed by atoms with E-state index in [0.717, 1.165) is 25.7 Å². The lowest BCUT2D eigenvalue weighted by Crippen LogP contribution is -2.51. The van der Waals surface area contributed by atoms with E-state index in [1.54, 1.807) is 0 Å². The van der Waals surface area contributed by atoms with Gasteiger partial charge in [-0.25, -0.2) is 4.99 Å². The van der Waals surface area contributed by atoms with Crippen molar-refractivity contribution in [2.75, 3.05) is 44.7 Å². The van der Waals surface area contributed by atoms with E-state index >= 15 is 0 Å². The summed E-state index contributed by atoms with van der Waals surface area (Å²) in [7, 11) is 1.95. The fraction of sp³-hybridized carbons (Fsp3) is 0.474. The van der Waals surface area contributed by atoms with Crippen molar-refractivity contribution >= 4 is 18.3 Å². The summed E-state index contributed by atoms with van der Waals surface area (Å²) in [6, 6.07) is 0.734. The average molecular weight is 434 g/mol. The summed E-state index contributed by atoms with van der Waals surface area (Å²) in [6.07, 6.45) is -6.56. The highest BCUT2D eigenvalue weighted by Gasteiger charge is 2.37. The number of halogens is 6. The standard InChI is InChI=1S/C19H20F6N4O/c1-27-2-4-28(5-3-27)17(11-30)13-9-26-12-29(10-13)16-7-14(18(20,21)22)6-15(8-16)19(23,24)25/h6-9,11-12,17H,2-5,10H2,1H3. The number of aldehydes is 1. The van der Waals surface area contributed by atoms with Gasteiger partial charge >= 0.3 is 12.4 Å². The van der Waals surface area contributed by atoms with E-state index in [1.807, 2.05) is 11.9 Å². The van der Waals surface area contributed by atoms with Gasteiger partial charge in [-0.15, -0.1) is 0 Å². The summed E-state index contributed by atoms with van der Waals surface area (Å²) in [4.78, 5) is 20.9. The molecule has 0 aromatic heterocycles. The van der Waals surface area contributed by atoms with Crippen molar-refractivity contribution in [2.24, 2.45) is 4.99 Å². The molecule has 1 aromatic rings. The maximum atomic E-state index is 13.1. The van der Waals surface area contributed by atoms with Crippen LogP contribution < -0.4 is 4.90 Å². The number of hydrogen-bond donors (Lipinski definition) is 0. The Kier molecular flexibility index (Phi) is 6.23. The highest BCUT2D eigenvalue weighted by atomic mass is 19.4. The van der Waals surface area contributed by atoms with Crippen molar-refractivity contribution < 1.29 is 31.1 Å². The first-order valence-corrected chi connectivity index (χ1v) is 9.15. The second-order valence-electron chi connectivity index (χ2n) is 7.28. The molecule has 1 aromatic carbocycles. The molecule has 0 saturated carbocycles. The Hall–Kier alpha value is -2.40. The third-order valence-corrected chi connectivity index (χ3v) is 5.14. The summed E-state index contributed by atoms with van der Waals surface area (Å²) in [6.45, 7) is 2.67. The third-order valence-electron chi connectivity index (χ3n) is 5.14. The van der Waals surface area contributed by atoms with Crippen molar-refractivity contribution in [1.29, 1.82) is 0 Å². The number of benzene rings is 1. The number of carbonyl (C=O) groups excluding carboxylic acids is 1. The zero-order valence-corrected chi connectivity index (χ0v) is 16.0. The number of nitrogens with zero attached hydrogens (tertiary/aromatic N) is 4. The molecule has 30 heavy (non-hydrogen) atoms. The second-order valence-corrected chi connectivity index (χ2v) is 7.28. The van der Waals surface area contributed by atoms with E-state index in [9.17, 15) is 31.1 Å². The molecule has 2 aliphatic rings. The van der Waals surface area contributed by atoms with Crippen LogP contribution in [0, 0.1) is 0 Å². The number of carbonyl (C=O) groups is 1. The fourth-order valence-electron chi connectivity index (χ4n) is 3.43. The van der Waals surface area contributed by atoms with E-state index in [-0.39, 0.29) is 18.3 Å². The van der Waals surface area contributed by atoms with E-state index in [4.69, 9.17) is 0 Å². The van der Waals surface area contributed by atoms with Crippen LogP contribution >= 0.6 is 0 Å². The van der Waals surface area contributed by atoms with Crippen LogP contribution in [0.25, 0.3) is 0 Å². The van der Waals surface area contributed by atoms with Crippen molar-refractivity contribution in [3.63, 3.8) is 0 Å². The summed E-state index contributed by atoms with van der Waals surface area (Å²) >= 11 is 0. The quantitative estimate of drug-likeness (QED) is 0.539. The lowest BCUT2D eigenvalue weighted by Gasteiger charge is -2.38. The number of likely N-dealkylation sites (N-methyl/N-ethyl adjacent to an activating group) is 1. The normalized spacial score (nSPS) is 20.2. The van der Waals surface area contributed by atoms with Crippen molar-refractivity contribution in [1.82, 2.24) is 9.80 Å². The summed E-state index contributed by atoms with van der Waals surface area (Å²) in [5.74, 6) is 0. The van der Waals surface area contributed by atoms with Gasteiger partial charge in [0.1, 0.15) is 6.29 Å². The van der Waals surface area contributed by atoms with E-state index in [2.05, 4.69) is 9.89 Å². The van der Waals surface area contributed by atoms with E-state index < -0.39 is 29.5 Å². The molecule has 2 heterocycles. The molecular weight excluding hydrogens is 414 g/mol. The van der Waals surface area contributed by atoms with Crippen LogP contribution in [-0.4, -0.2) is 68.2 Å². The summed E-state index contributed by atoms with van der Waals surface area (Å²) in [5.41, 5.74) is -2.59. The van der Waals surface area contributed by atoms with Gasteiger partial charge in [0.15, 0.2) is 0 Å². The van der Waals surface area contributed by atoms with Crippen LogP contribution in [0.4, 0.5) is 32.0 Å². The molecule has 1 fully saturated rings. The molecule has 0 amide bonds. The minimum atomic E-state index is -4.94. The molecule has 5 nitrogen and oxygen atoms in total. The molecule has 11 heteroatoms. The molecular formula is C19H20F6N4O. The Bertz CT molecular complexity index is 808. The Balaban J connectivity index is 1.88. The van der Waals surface area contributed by atoms with Crippen LogP contribution in [-0.2, 0) is 17.1 Å². The number of aliphatic imine (C=N–C) groups is 1. The summed E-state index contributed by atoms with van der Waals surface area (Å²) < 4.78 is 78.9. The predicted molar refractivity (Wildman–Crippen MR) is 99.3 cm³/mol. The molecule has 1 atom stereocenters. The van der Waals surface area contributed by atoms with Crippen molar-refractivity contribution in [3.8, 4) is 0 Å². The third kappa shape index (κ3) is 5.01. The number of anilines is 1. The van der Waals surface area contributed by atoms with Crippen molar-refractivity contribution in [3.05, 3.63) is 41.1 Å². The first kappa shape index (κ1) is 22.3. The predicted octanol–water partition coefficient (Wildman–Crippen LogP) is 3.27. The van der Waals surface area contributed by atoms with Gasteiger partial charge in [-0.3, -0.25) is 4.90 Å². The lowest BCUT2D eigenvalue weighted by atomic mass is 10.0. The fourth-order valence-corrected chi connectivity index (χ4v) is 3.43. The van der Waals surface area contributed by atoms with Crippen LogP contribution in [0.3, 0.4) is 0 Å². The van der Waals surface area contributed by atoms with Gasteiger partial charge in [-0.05, 0) is 30.8 Å². The molecule has 3 rings (SSSR count). The number of alkyl halides is 6. The van der Waals surface area contributed by atoms with Crippen LogP contribution in [0.2, 0.25) is 0 Å². The zero-order chi connectivity index (χ0) is 22.1. The molecule has 0 bridgehead atoms. The largest absolute Gasteiger partial charge is 0.416 e.